The van der Waals surface area contributed by atoms with Gasteiger partial charge in [-0.25, -0.2) is 0 Å². The highest BCUT2D eigenvalue weighted by molar-refractivity contribution is 8.00. The highest BCUT2D eigenvalue weighted by Gasteiger charge is 2.35. The molecule has 1 aliphatic rings. The number of carbonyl (C=O) groups is 1. The lowest BCUT2D eigenvalue weighted by Crippen LogP contribution is -2.35. The van der Waals surface area contributed by atoms with Gasteiger partial charge >= 0.3 is 5.51 Å². The van der Waals surface area contributed by atoms with E-state index < -0.39 is 11.4 Å². The largest absolute Gasteiger partial charge is 0.446 e. The highest BCUT2D eigenvalue weighted by atomic mass is 32.2. The van der Waals surface area contributed by atoms with Crippen molar-refractivity contribution in [1.82, 2.24) is 4.90 Å². The van der Waals surface area contributed by atoms with E-state index in [0.717, 1.165) is 12.8 Å². The molecule has 110 valence electrons. The fourth-order valence-corrected chi connectivity index (χ4v) is 2.62. The maximum Gasteiger partial charge on any atom is 0.446 e. The van der Waals surface area contributed by atoms with E-state index in [1.807, 2.05) is 0 Å². The molecule has 1 fully saturated rings. The van der Waals surface area contributed by atoms with Crippen molar-refractivity contribution in [2.24, 2.45) is 0 Å². The Kier molecular flexibility index (Phi) is 4.59. The maximum atomic E-state index is 12.5. The van der Waals surface area contributed by atoms with Crippen molar-refractivity contribution in [3.05, 3.63) is 29.8 Å². The lowest BCUT2D eigenvalue weighted by molar-refractivity contribution is -0.0328. The molecule has 0 radical (unpaired) electrons. The van der Waals surface area contributed by atoms with Crippen LogP contribution in [-0.2, 0) is 0 Å². The van der Waals surface area contributed by atoms with Crippen molar-refractivity contribution in [3.63, 3.8) is 0 Å². The molecule has 1 aromatic rings. The third-order valence-corrected chi connectivity index (χ3v) is 3.74. The molecular weight excluding hydrogens is 291 g/mol. The molecule has 0 bridgehead atoms. The Morgan fingerprint density at radius 3 is 2.55 bits per heavy atom. The summed E-state index contributed by atoms with van der Waals surface area (Å²) >= 11 is -0.287. The number of aliphatic hydroxyl groups excluding tert-OH is 1. The second-order valence-electron chi connectivity index (χ2n) is 4.50. The third-order valence-electron chi connectivity index (χ3n) is 2.93. The van der Waals surface area contributed by atoms with E-state index in [-0.39, 0.29) is 41.4 Å². The molecule has 1 amide bonds. The van der Waals surface area contributed by atoms with Gasteiger partial charge in [-0.2, -0.15) is 13.2 Å². The first-order chi connectivity index (χ1) is 9.42. The number of nitrogens with zero attached hydrogens (tertiary/aromatic N) is 1. The molecule has 0 aromatic heterocycles. The van der Waals surface area contributed by atoms with Gasteiger partial charge in [0.25, 0.3) is 5.91 Å². The van der Waals surface area contributed by atoms with Gasteiger partial charge in [0.2, 0.25) is 0 Å². The molecule has 0 saturated heterocycles. The number of halogens is 3. The van der Waals surface area contributed by atoms with Crippen molar-refractivity contribution in [1.29, 1.82) is 0 Å². The summed E-state index contributed by atoms with van der Waals surface area (Å²) in [5.74, 6) is -0.450. The molecule has 20 heavy (non-hydrogen) atoms. The van der Waals surface area contributed by atoms with Gasteiger partial charge in [0.15, 0.2) is 0 Å². The van der Waals surface area contributed by atoms with Crippen LogP contribution in [-0.4, -0.2) is 40.6 Å². The molecule has 0 atom stereocenters. The molecule has 2 rings (SSSR count). The molecule has 1 aliphatic carbocycles. The molecule has 1 N–H and O–H groups in total. The summed E-state index contributed by atoms with van der Waals surface area (Å²) in [5.41, 5.74) is -4.40. The van der Waals surface area contributed by atoms with Crippen LogP contribution in [0.25, 0.3) is 0 Å². The number of amides is 1. The fourth-order valence-electron chi connectivity index (χ4n) is 1.96. The summed E-state index contributed by atoms with van der Waals surface area (Å²) in [6.45, 7) is -0.0503. The average Bonchev–Trinajstić information content (AvgIpc) is 3.18. The zero-order chi connectivity index (χ0) is 14.8. The molecule has 7 heteroatoms. The van der Waals surface area contributed by atoms with E-state index in [4.69, 9.17) is 5.11 Å². The van der Waals surface area contributed by atoms with Gasteiger partial charge in [0, 0.05) is 17.5 Å². The monoisotopic (exact) mass is 305 g/mol. The van der Waals surface area contributed by atoms with Crippen LogP contribution in [0, 0.1) is 0 Å². The van der Waals surface area contributed by atoms with Crippen LogP contribution in [0.5, 0.6) is 0 Å². The fraction of sp³-hybridized carbons (Fsp3) is 0.462. The second kappa shape index (κ2) is 6.05. The van der Waals surface area contributed by atoms with Gasteiger partial charge in [-0.3, -0.25) is 4.79 Å². The molecule has 0 spiro atoms. The number of carbonyl (C=O) groups excluding carboxylic acids is 1. The molecule has 1 aromatic carbocycles. The van der Waals surface area contributed by atoms with E-state index in [1.165, 1.54) is 29.2 Å². The summed E-state index contributed by atoms with van der Waals surface area (Å²) in [7, 11) is 0. The van der Waals surface area contributed by atoms with Crippen molar-refractivity contribution in [3.8, 4) is 0 Å². The van der Waals surface area contributed by atoms with Crippen molar-refractivity contribution < 1.29 is 23.1 Å². The normalized spacial score (nSPS) is 15.2. The molecule has 0 aliphatic heterocycles. The van der Waals surface area contributed by atoms with E-state index in [9.17, 15) is 18.0 Å². The van der Waals surface area contributed by atoms with Crippen LogP contribution in [0.2, 0.25) is 0 Å². The molecular formula is C13H14F3NO2S. The SMILES string of the molecule is O=C(c1ccccc1SC(F)(F)F)N(CCO)C1CC1. The first-order valence-corrected chi connectivity index (χ1v) is 7.00. The minimum absolute atomic E-state index is 0.0372. The Balaban J connectivity index is 2.24. The predicted molar refractivity (Wildman–Crippen MR) is 69.5 cm³/mol. The topological polar surface area (TPSA) is 40.5 Å². The zero-order valence-electron chi connectivity index (χ0n) is 10.6. The molecule has 0 unspecified atom stereocenters. The van der Waals surface area contributed by atoms with Gasteiger partial charge in [0.1, 0.15) is 0 Å². The highest BCUT2D eigenvalue weighted by Crippen LogP contribution is 2.39. The number of alkyl halides is 3. The lowest BCUT2D eigenvalue weighted by Gasteiger charge is -2.22. The number of thioether (sulfide) groups is 1. The maximum absolute atomic E-state index is 12.5. The van der Waals surface area contributed by atoms with Crippen LogP contribution in [0.4, 0.5) is 13.2 Å². The first kappa shape index (κ1) is 15.2. The summed E-state index contributed by atoms with van der Waals surface area (Å²) in [6.07, 6.45) is 1.67. The Bertz CT molecular complexity index is 489. The molecule has 0 heterocycles. The standard InChI is InChI=1S/C13H14F3NO2S/c14-13(15,16)20-11-4-2-1-3-10(11)12(19)17(7-8-18)9-5-6-9/h1-4,9,18H,5-8H2. The average molecular weight is 305 g/mol. The second-order valence-corrected chi connectivity index (χ2v) is 5.60. The Morgan fingerprint density at radius 1 is 1.35 bits per heavy atom. The summed E-state index contributed by atoms with van der Waals surface area (Å²) in [5, 5.41) is 8.99. The van der Waals surface area contributed by atoms with Gasteiger partial charge in [-0.1, -0.05) is 12.1 Å². The van der Waals surface area contributed by atoms with Crippen LogP contribution in [0.15, 0.2) is 29.2 Å². The lowest BCUT2D eigenvalue weighted by atomic mass is 10.2. The number of hydrogen-bond donors (Lipinski definition) is 1. The number of aliphatic hydroxyl groups is 1. The summed E-state index contributed by atoms with van der Waals surface area (Å²) in [4.78, 5) is 13.7. The van der Waals surface area contributed by atoms with Crippen LogP contribution >= 0.6 is 11.8 Å². The predicted octanol–water partition coefficient (Wildman–Crippen LogP) is 2.90. The zero-order valence-corrected chi connectivity index (χ0v) is 11.4. The van der Waals surface area contributed by atoms with Gasteiger partial charge < -0.3 is 10.0 Å². The Labute approximate surface area is 118 Å². The van der Waals surface area contributed by atoms with Crippen LogP contribution < -0.4 is 0 Å². The minimum Gasteiger partial charge on any atom is -0.395 e. The Morgan fingerprint density at radius 2 is 2.00 bits per heavy atom. The van der Waals surface area contributed by atoms with Gasteiger partial charge in [-0.15, -0.1) is 0 Å². The minimum atomic E-state index is -4.43. The van der Waals surface area contributed by atoms with Gasteiger partial charge in [0.05, 0.1) is 12.2 Å². The smallest absolute Gasteiger partial charge is 0.395 e. The quantitative estimate of drug-likeness (QED) is 0.850. The first-order valence-electron chi connectivity index (χ1n) is 6.19. The van der Waals surface area contributed by atoms with Crippen molar-refractivity contribution in [2.75, 3.05) is 13.2 Å². The Hall–Kier alpha value is -1.21. The van der Waals surface area contributed by atoms with E-state index in [2.05, 4.69) is 0 Å². The molecule has 3 nitrogen and oxygen atoms in total. The molecule has 1 saturated carbocycles. The third kappa shape index (κ3) is 3.89. The van der Waals surface area contributed by atoms with E-state index in [1.54, 1.807) is 0 Å². The summed E-state index contributed by atoms with van der Waals surface area (Å²) in [6, 6.07) is 5.73. The van der Waals surface area contributed by atoms with Crippen molar-refractivity contribution in [2.45, 2.75) is 29.3 Å². The van der Waals surface area contributed by atoms with Crippen molar-refractivity contribution >= 4 is 17.7 Å². The number of hydrogen-bond acceptors (Lipinski definition) is 3. The van der Waals surface area contributed by atoms with E-state index >= 15 is 0 Å². The van der Waals surface area contributed by atoms with E-state index in [0.29, 0.717) is 0 Å². The van der Waals surface area contributed by atoms with Gasteiger partial charge in [-0.05, 0) is 36.7 Å². The summed E-state index contributed by atoms with van der Waals surface area (Å²) < 4.78 is 37.5. The number of benzene rings is 1. The van der Waals surface area contributed by atoms with Crippen LogP contribution in [0.1, 0.15) is 23.2 Å². The number of rotatable bonds is 5. The van der Waals surface area contributed by atoms with Crippen LogP contribution in [0.3, 0.4) is 0 Å².